The fourth-order valence-electron chi connectivity index (χ4n) is 3.69. The van der Waals surface area contributed by atoms with Gasteiger partial charge in [-0.25, -0.2) is 9.18 Å². The second-order valence-corrected chi connectivity index (χ2v) is 7.95. The van der Waals surface area contributed by atoms with Crippen LogP contribution in [0.3, 0.4) is 0 Å². The minimum Gasteiger partial charge on any atom is -0.481 e. The van der Waals surface area contributed by atoms with Gasteiger partial charge < -0.3 is 25.3 Å². The van der Waals surface area contributed by atoms with Crippen LogP contribution >= 0.6 is 11.6 Å². The van der Waals surface area contributed by atoms with Gasteiger partial charge >= 0.3 is 6.03 Å². The monoisotopic (exact) mass is 464 g/mol. The molecule has 9 heteroatoms. The molecule has 0 radical (unpaired) electrons. The summed E-state index contributed by atoms with van der Waals surface area (Å²) in [6.45, 7) is 0.0143. The second kappa shape index (κ2) is 8.48. The number of halogens is 2. The zero-order valence-electron chi connectivity index (χ0n) is 17.2. The number of amides is 3. The van der Waals surface area contributed by atoms with Gasteiger partial charge in [0.2, 0.25) is 0 Å². The Balaban J connectivity index is 1.32. The Morgan fingerprint density at radius 3 is 2.67 bits per heavy atom. The fourth-order valence-corrected chi connectivity index (χ4v) is 3.92. The molecule has 0 bridgehead atoms. The Labute approximate surface area is 193 Å². The molecule has 3 N–H and O–H groups in total. The largest absolute Gasteiger partial charge is 0.481 e. The third kappa shape index (κ3) is 4.33. The Morgan fingerprint density at radius 2 is 1.85 bits per heavy atom. The zero-order chi connectivity index (χ0) is 22.9. The van der Waals surface area contributed by atoms with Crippen molar-refractivity contribution in [2.24, 2.45) is 0 Å². The number of nitrogens with zero attached hydrogens (tertiary/aromatic N) is 1. The maximum Gasteiger partial charge on any atom is 0.323 e. The molecule has 33 heavy (non-hydrogen) atoms. The summed E-state index contributed by atoms with van der Waals surface area (Å²) in [6.07, 6.45) is 1.83. The van der Waals surface area contributed by atoms with Gasteiger partial charge in [0.15, 0.2) is 6.61 Å². The third-order valence-electron chi connectivity index (χ3n) is 5.32. The van der Waals surface area contributed by atoms with Crippen molar-refractivity contribution in [2.75, 3.05) is 22.1 Å². The number of rotatable bonds is 4. The molecule has 0 saturated heterocycles. The van der Waals surface area contributed by atoms with Crippen LogP contribution in [0.15, 0.2) is 66.9 Å². The van der Waals surface area contributed by atoms with Gasteiger partial charge in [-0.2, -0.15) is 0 Å². The van der Waals surface area contributed by atoms with E-state index in [0.29, 0.717) is 28.4 Å². The minimum absolute atomic E-state index is 0.155. The zero-order valence-corrected chi connectivity index (χ0v) is 17.9. The highest BCUT2D eigenvalue weighted by atomic mass is 35.5. The molecular weight excluding hydrogens is 447 g/mol. The maximum atomic E-state index is 13.4. The second-order valence-electron chi connectivity index (χ2n) is 7.55. The molecule has 0 atom stereocenters. The van der Waals surface area contributed by atoms with Crippen LogP contribution in [-0.2, 0) is 11.3 Å². The first-order valence-electron chi connectivity index (χ1n) is 10.1. The molecule has 0 fully saturated rings. The Bertz CT molecular complexity index is 1390. The van der Waals surface area contributed by atoms with Crippen molar-refractivity contribution in [3.05, 3.63) is 83.3 Å². The van der Waals surface area contributed by atoms with E-state index in [0.717, 1.165) is 10.9 Å². The summed E-state index contributed by atoms with van der Waals surface area (Å²) in [6, 6.07) is 16.2. The number of carbonyl (C=O) groups is 2. The normalized spacial score (nSPS) is 12.9. The summed E-state index contributed by atoms with van der Waals surface area (Å²) in [5.74, 6) is -0.251. The summed E-state index contributed by atoms with van der Waals surface area (Å²) >= 11 is 6.13. The predicted molar refractivity (Wildman–Crippen MR) is 125 cm³/mol. The van der Waals surface area contributed by atoms with E-state index in [2.05, 4.69) is 15.6 Å². The number of fused-ring (bicyclic) bond motifs is 2. The van der Waals surface area contributed by atoms with Gasteiger partial charge in [0.05, 0.1) is 12.2 Å². The van der Waals surface area contributed by atoms with Crippen LogP contribution < -0.4 is 20.3 Å². The van der Waals surface area contributed by atoms with Gasteiger partial charge in [0.1, 0.15) is 11.6 Å². The standard InChI is InChI=1S/C24H18ClFN4O3/c25-19-9-16(26)3-1-15(19)12-30-21-6-5-18(11-22(21)33-13-23(30)31)29-24(32)28-17-4-2-14-7-8-27-20(14)10-17/h1-11,27H,12-13H2,(H2,28,29,32). The summed E-state index contributed by atoms with van der Waals surface area (Å²) in [5, 5.41) is 6.85. The number of benzene rings is 3. The molecule has 7 nitrogen and oxygen atoms in total. The number of aromatic nitrogens is 1. The van der Waals surface area contributed by atoms with E-state index in [9.17, 15) is 14.0 Å². The van der Waals surface area contributed by atoms with Crippen molar-refractivity contribution in [1.29, 1.82) is 0 Å². The van der Waals surface area contributed by atoms with Gasteiger partial charge in [-0.05, 0) is 53.4 Å². The van der Waals surface area contributed by atoms with Crippen LogP contribution in [-0.4, -0.2) is 23.5 Å². The highest BCUT2D eigenvalue weighted by Gasteiger charge is 2.26. The van der Waals surface area contributed by atoms with E-state index in [1.165, 1.54) is 17.0 Å². The molecule has 0 unspecified atom stereocenters. The third-order valence-corrected chi connectivity index (χ3v) is 5.67. The first-order valence-corrected chi connectivity index (χ1v) is 10.5. The molecule has 166 valence electrons. The summed E-state index contributed by atoms with van der Waals surface area (Å²) in [7, 11) is 0. The number of nitrogens with one attached hydrogen (secondary N) is 3. The van der Waals surface area contributed by atoms with Crippen LogP contribution in [0.4, 0.5) is 26.2 Å². The van der Waals surface area contributed by atoms with Crippen molar-refractivity contribution in [2.45, 2.75) is 6.54 Å². The number of aromatic amines is 1. The lowest BCUT2D eigenvalue weighted by molar-refractivity contribution is -0.121. The molecular formula is C24H18ClFN4O3. The van der Waals surface area contributed by atoms with Crippen molar-refractivity contribution in [1.82, 2.24) is 4.98 Å². The Kier molecular flexibility index (Phi) is 5.35. The molecule has 0 saturated carbocycles. The lowest BCUT2D eigenvalue weighted by atomic mass is 10.1. The van der Waals surface area contributed by atoms with E-state index in [1.807, 2.05) is 30.5 Å². The molecule has 4 aromatic rings. The van der Waals surface area contributed by atoms with Crippen molar-refractivity contribution in [3.8, 4) is 5.75 Å². The van der Waals surface area contributed by atoms with Gasteiger partial charge in [0, 0.05) is 34.2 Å². The van der Waals surface area contributed by atoms with Crippen LogP contribution in [0.1, 0.15) is 5.56 Å². The lowest BCUT2D eigenvalue weighted by Crippen LogP contribution is -2.38. The average Bonchev–Trinajstić information content (AvgIpc) is 3.25. The van der Waals surface area contributed by atoms with E-state index in [1.54, 1.807) is 24.3 Å². The van der Waals surface area contributed by atoms with Gasteiger partial charge in [0.25, 0.3) is 5.91 Å². The van der Waals surface area contributed by atoms with Crippen LogP contribution in [0, 0.1) is 5.82 Å². The molecule has 1 aliphatic heterocycles. The molecule has 5 rings (SSSR count). The Hall–Kier alpha value is -4.04. The maximum absolute atomic E-state index is 13.4. The Morgan fingerprint density at radius 1 is 1.06 bits per heavy atom. The average molecular weight is 465 g/mol. The SMILES string of the molecule is O=C(Nc1ccc2c(c1)OCC(=O)N2Cc1ccc(F)cc1Cl)Nc1ccc2cc[nH]c2c1. The van der Waals surface area contributed by atoms with Gasteiger partial charge in [-0.1, -0.05) is 23.7 Å². The highest BCUT2D eigenvalue weighted by Crippen LogP contribution is 2.36. The van der Waals surface area contributed by atoms with Crippen LogP contribution in [0.25, 0.3) is 10.9 Å². The topological polar surface area (TPSA) is 86.5 Å². The number of anilines is 3. The number of urea groups is 1. The molecule has 1 aromatic heterocycles. The van der Waals surface area contributed by atoms with E-state index < -0.39 is 11.8 Å². The number of H-pyrrole nitrogens is 1. The predicted octanol–water partition coefficient (Wildman–Crippen LogP) is 5.53. The van der Waals surface area contributed by atoms with Gasteiger partial charge in [-0.3, -0.25) is 4.79 Å². The highest BCUT2D eigenvalue weighted by molar-refractivity contribution is 6.31. The molecule has 0 aliphatic carbocycles. The molecule has 3 aromatic carbocycles. The number of carbonyl (C=O) groups excluding carboxylic acids is 2. The van der Waals surface area contributed by atoms with E-state index >= 15 is 0 Å². The lowest BCUT2D eigenvalue weighted by Gasteiger charge is -2.30. The van der Waals surface area contributed by atoms with E-state index in [-0.39, 0.29) is 24.1 Å². The van der Waals surface area contributed by atoms with Gasteiger partial charge in [-0.15, -0.1) is 0 Å². The van der Waals surface area contributed by atoms with Crippen molar-refractivity contribution < 1.29 is 18.7 Å². The molecule has 3 amide bonds. The number of hydrogen-bond donors (Lipinski definition) is 3. The smallest absolute Gasteiger partial charge is 0.323 e. The van der Waals surface area contributed by atoms with Crippen molar-refractivity contribution in [3.63, 3.8) is 0 Å². The van der Waals surface area contributed by atoms with Crippen molar-refractivity contribution >= 4 is 51.5 Å². The quantitative estimate of drug-likeness (QED) is 0.371. The summed E-state index contributed by atoms with van der Waals surface area (Å²) < 4.78 is 18.9. The van der Waals surface area contributed by atoms with Crippen LogP contribution in [0.2, 0.25) is 5.02 Å². The molecule has 2 heterocycles. The summed E-state index contributed by atoms with van der Waals surface area (Å²) in [5.41, 5.74) is 3.21. The molecule has 1 aliphatic rings. The fraction of sp³-hybridized carbons (Fsp3) is 0.0833. The first kappa shape index (κ1) is 20.8. The number of hydrogen-bond acceptors (Lipinski definition) is 3. The summed E-state index contributed by atoms with van der Waals surface area (Å²) in [4.78, 5) is 29.6. The minimum atomic E-state index is -0.445. The molecule has 0 spiro atoms. The number of ether oxygens (including phenoxy) is 1. The first-order chi connectivity index (χ1) is 16.0. The van der Waals surface area contributed by atoms with Crippen LogP contribution in [0.5, 0.6) is 5.75 Å². The van der Waals surface area contributed by atoms with E-state index in [4.69, 9.17) is 16.3 Å².